The minimum atomic E-state index is -5.04. The van der Waals surface area contributed by atoms with E-state index >= 15 is 0 Å². The fourth-order valence-electron chi connectivity index (χ4n) is 2.68. The van der Waals surface area contributed by atoms with Crippen LogP contribution in [0.3, 0.4) is 0 Å². The normalized spacial score (nSPS) is 14.1. The molecule has 1 aromatic carbocycles. The van der Waals surface area contributed by atoms with Crippen molar-refractivity contribution in [3.05, 3.63) is 59.5 Å². The predicted molar refractivity (Wildman–Crippen MR) is 90.2 cm³/mol. The number of hydrogen-bond acceptors (Lipinski definition) is 3. The van der Waals surface area contributed by atoms with Crippen molar-refractivity contribution in [2.75, 3.05) is 6.54 Å². The summed E-state index contributed by atoms with van der Waals surface area (Å²) >= 11 is 0. The molecule has 0 spiro atoms. The van der Waals surface area contributed by atoms with Gasteiger partial charge in [-0.1, -0.05) is 37.3 Å². The lowest BCUT2D eigenvalue weighted by Gasteiger charge is -2.31. The van der Waals surface area contributed by atoms with E-state index in [0.717, 1.165) is 11.6 Å². The van der Waals surface area contributed by atoms with E-state index in [4.69, 9.17) is 4.42 Å². The van der Waals surface area contributed by atoms with Crippen molar-refractivity contribution in [1.82, 2.24) is 4.90 Å². The molecule has 142 valence electrons. The molecule has 0 bridgehead atoms. The van der Waals surface area contributed by atoms with Crippen LogP contribution in [0, 0.1) is 6.92 Å². The number of halogens is 3. The highest BCUT2D eigenvalue weighted by molar-refractivity contribution is 5.77. The van der Waals surface area contributed by atoms with Gasteiger partial charge in [0.05, 0.1) is 6.42 Å². The van der Waals surface area contributed by atoms with Crippen molar-refractivity contribution in [3.8, 4) is 0 Å². The van der Waals surface area contributed by atoms with E-state index in [1.54, 1.807) is 24.3 Å². The van der Waals surface area contributed by atoms with Gasteiger partial charge >= 0.3 is 6.18 Å². The molecule has 2 rings (SSSR count). The molecule has 0 aliphatic rings. The average Bonchev–Trinajstić information content (AvgIpc) is 3.01. The number of aliphatic hydroxyl groups is 1. The predicted octanol–water partition coefficient (Wildman–Crippen LogP) is 4.17. The molecule has 0 saturated carbocycles. The van der Waals surface area contributed by atoms with Gasteiger partial charge < -0.3 is 14.4 Å². The van der Waals surface area contributed by atoms with Crippen LogP contribution in [-0.4, -0.2) is 28.6 Å². The Morgan fingerprint density at radius 2 is 1.81 bits per heavy atom. The van der Waals surface area contributed by atoms with E-state index in [1.807, 2.05) is 13.0 Å². The highest BCUT2D eigenvalue weighted by atomic mass is 19.4. The topological polar surface area (TPSA) is 53.7 Å². The number of nitrogens with zero attached hydrogens (tertiary/aromatic N) is 1. The van der Waals surface area contributed by atoms with Crippen LogP contribution in [0.4, 0.5) is 13.2 Å². The molecule has 26 heavy (non-hydrogen) atoms. The standard InChI is InChI=1S/C19H22F3NO3/c1-3-11-23(13-15-7-5-4-6-8-15)17(24)12-18(25,19(20,21)22)16-10-9-14(2)26-16/h4-10,25H,3,11-13H2,1-2H3/t18-/m1/s1. The van der Waals surface area contributed by atoms with E-state index in [2.05, 4.69) is 0 Å². The Kier molecular flexibility index (Phi) is 6.13. The number of amides is 1. The first-order chi connectivity index (χ1) is 12.2. The number of rotatable bonds is 7. The number of benzene rings is 1. The van der Waals surface area contributed by atoms with Gasteiger partial charge in [0.1, 0.15) is 11.5 Å². The van der Waals surface area contributed by atoms with Crippen LogP contribution < -0.4 is 0 Å². The zero-order valence-electron chi connectivity index (χ0n) is 14.7. The van der Waals surface area contributed by atoms with Crippen molar-refractivity contribution in [2.45, 2.75) is 45.0 Å². The van der Waals surface area contributed by atoms with Gasteiger partial charge in [-0.05, 0) is 31.0 Å². The van der Waals surface area contributed by atoms with E-state index in [0.29, 0.717) is 13.0 Å². The molecule has 0 radical (unpaired) electrons. The average molecular weight is 369 g/mol. The molecule has 1 atom stereocenters. The summed E-state index contributed by atoms with van der Waals surface area (Å²) in [6.45, 7) is 3.77. The third kappa shape index (κ3) is 4.46. The van der Waals surface area contributed by atoms with Crippen LogP contribution in [-0.2, 0) is 16.9 Å². The van der Waals surface area contributed by atoms with Crippen LogP contribution in [0.25, 0.3) is 0 Å². The first-order valence-electron chi connectivity index (χ1n) is 8.35. The molecule has 1 aromatic heterocycles. The minimum Gasteiger partial charge on any atom is -0.463 e. The van der Waals surface area contributed by atoms with Crippen LogP contribution in [0.2, 0.25) is 0 Å². The molecule has 4 nitrogen and oxygen atoms in total. The number of aryl methyl sites for hydroxylation is 1. The minimum absolute atomic E-state index is 0.179. The molecule has 0 fully saturated rings. The Balaban J connectivity index is 2.26. The zero-order chi connectivity index (χ0) is 19.4. The zero-order valence-corrected chi connectivity index (χ0v) is 14.7. The van der Waals surface area contributed by atoms with Gasteiger partial charge in [-0.2, -0.15) is 13.2 Å². The Morgan fingerprint density at radius 3 is 2.31 bits per heavy atom. The van der Waals surface area contributed by atoms with Gasteiger partial charge in [-0.25, -0.2) is 0 Å². The maximum absolute atomic E-state index is 13.6. The SMILES string of the molecule is CCCN(Cc1ccccc1)C(=O)C[C@@](O)(c1ccc(C)o1)C(F)(F)F. The Bertz CT molecular complexity index is 727. The van der Waals surface area contributed by atoms with E-state index in [-0.39, 0.29) is 12.3 Å². The lowest BCUT2D eigenvalue weighted by molar-refractivity contribution is -0.274. The first kappa shape index (κ1) is 20.0. The maximum Gasteiger partial charge on any atom is 0.425 e. The van der Waals surface area contributed by atoms with E-state index in [1.165, 1.54) is 17.9 Å². The van der Waals surface area contributed by atoms with Gasteiger partial charge in [-0.3, -0.25) is 4.79 Å². The number of hydrogen-bond donors (Lipinski definition) is 1. The number of alkyl halides is 3. The molecular weight excluding hydrogens is 347 g/mol. The first-order valence-corrected chi connectivity index (χ1v) is 8.35. The Morgan fingerprint density at radius 1 is 1.15 bits per heavy atom. The maximum atomic E-state index is 13.6. The van der Waals surface area contributed by atoms with Crippen molar-refractivity contribution in [2.24, 2.45) is 0 Å². The highest BCUT2D eigenvalue weighted by Crippen LogP contribution is 2.42. The summed E-state index contributed by atoms with van der Waals surface area (Å²) in [5.74, 6) is -1.23. The smallest absolute Gasteiger partial charge is 0.425 e. The lowest BCUT2D eigenvalue weighted by Crippen LogP contribution is -2.47. The molecular formula is C19H22F3NO3. The van der Waals surface area contributed by atoms with Gasteiger partial charge in [0.15, 0.2) is 0 Å². The van der Waals surface area contributed by atoms with E-state index in [9.17, 15) is 23.1 Å². The summed E-state index contributed by atoms with van der Waals surface area (Å²) in [4.78, 5) is 13.9. The monoisotopic (exact) mass is 369 g/mol. The summed E-state index contributed by atoms with van der Waals surface area (Å²) < 4.78 is 45.7. The largest absolute Gasteiger partial charge is 0.463 e. The summed E-state index contributed by atoms with van der Waals surface area (Å²) in [5, 5.41) is 10.3. The molecule has 7 heteroatoms. The third-order valence-corrected chi connectivity index (χ3v) is 4.09. The number of carbonyl (C=O) groups is 1. The molecule has 1 N–H and O–H groups in total. The van der Waals surface area contributed by atoms with Gasteiger partial charge in [0, 0.05) is 13.1 Å². The van der Waals surface area contributed by atoms with Crippen molar-refractivity contribution < 1.29 is 27.5 Å². The summed E-state index contributed by atoms with van der Waals surface area (Å²) in [6.07, 6.45) is -5.59. The summed E-state index contributed by atoms with van der Waals surface area (Å²) in [7, 11) is 0. The molecule has 0 saturated heterocycles. The Hall–Kier alpha value is -2.28. The van der Waals surface area contributed by atoms with Gasteiger partial charge in [0.2, 0.25) is 11.5 Å². The van der Waals surface area contributed by atoms with Crippen molar-refractivity contribution in [3.63, 3.8) is 0 Å². The molecule has 0 unspecified atom stereocenters. The van der Waals surface area contributed by atoms with Crippen LogP contribution in [0.5, 0.6) is 0 Å². The van der Waals surface area contributed by atoms with Gasteiger partial charge in [-0.15, -0.1) is 0 Å². The van der Waals surface area contributed by atoms with Crippen LogP contribution >= 0.6 is 0 Å². The second-order valence-corrected chi connectivity index (χ2v) is 6.25. The van der Waals surface area contributed by atoms with Crippen molar-refractivity contribution >= 4 is 5.91 Å². The Labute approximate surface area is 150 Å². The summed E-state index contributed by atoms with van der Waals surface area (Å²) in [6, 6.07) is 11.4. The molecule has 1 heterocycles. The second-order valence-electron chi connectivity index (χ2n) is 6.25. The van der Waals surface area contributed by atoms with Gasteiger partial charge in [0.25, 0.3) is 0 Å². The highest BCUT2D eigenvalue weighted by Gasteiger charge is 2.58. The lowest BCUT2D eigenvalue weighted by atomic mass is 9.94. The number of carbonyl (C=O) groups excluding carboxylic acids is 1. The van der Waals surface area contributed by atoms with Crippen molar-refractivity contribution in [1.29, 1.82) is 0 Å². The van der Waals surface area contributed by atoms with Crippen LogP contribution in [0.1, 0.15) is 36.8 Å². The molecule has 0 aliphatic heterocycles. The molecule has 0 aliphatic carbocycles. The molecule has 2 aromatic rings. The quantitative estimate of drug-likeness (QED) is 0.797. The third-order valence-electron chi connectivity index (χ3n) is 4.09. The fraction of sp³-hybridized carbons (Fsp3) is 0.421. The number of furan rings is 1. The van der Waals surface area contributed by atoms with Crippen LogP contribution in [0.15, 0.2) is 46.9 Å². The second kappa shape index (κ2) is 7.95. The molecule has 1 amide bonds. The van der Waals surface area contributed by atoms with E-state index < -0.39 is 29.9 Å². The summed E-state index contributed by atoms with van der Waals surface area (Å²) in [5.41, 5.74) is -2.56. The fourth-order valence-corrected chi connectivity index (χ4v) is 2.68.